The minimum Gasteiger partial charge on any atom is -0.384 e. The molecule has 1 aliphatic rings. The van der Waals surface area contributed by atoms with Crippen LogP contribution >= 0.6 is 0 Å². The van der Waals surface area contributed by atoms with Crippen molar-refractivity contribution >= 4 is 5.69 Å². The molecule has 3 rings (SSSR count). The van der Waals surface area contributed by atoms with E-state index in [0.717, 1.165) is 25.1 Å². The van der Waals surface area contributed by atoms with Crippen LogP contribution in [0.3, 0.4) is 0 Å². The maximum Gasteiger partial charge on any atom is 0.268 e. The molecule has 0 saturated heterocycles. The summed E-state index contributed by atoms with van der Waals surface area (Å²) in [7, 11) is 0. The van der Waals surface area contributed by atoms with Crippen molar-refractivity contribution in [1.82, 2.24) is 9.78 Å². The fraction of sp³-hybridized carbons (Fsp3) is 0.412. The van der Waals surface area contributed by atoms with E-state index in [0.29, 0.717) is 12.5 Å². The van der Waals surface area contributed by atoms with Crippen LogP contribution in [0.2, 0.25) is 0 Å². The van der Waals surface area contributed by atoms with E-state index in [4.69, 9.17) is 0 Å². The molecule has 0 saturated carbocycles. The summed E-state index contributed by atoms with van der Waals surface area (Å²) in [6, 6.07) is 10.2. The van der Waals surface area contributed by atoms with Crippen LogP contribution in [0.1, 0.15) is 36.8 Å². The summed E-state index contributed by atoms with van der Waals surface area (Å²) in [4.78, 5) is 12.2. The van der Waals surface area contributed by atoms with Crippen LogP contribution in [0.15, 0.2) is 41.3 Å². The molecule has 1 unspecified atom stereocenters. The Kier molecular flexibility index (Phi) is 4.04. The van der Waals surface area contributed by atoms with Gasteiger partial charge >= 0.3 is 0 Å². The van der Waals surface area contributed by atoms with Crippen LogP contribution in [0.4, 0.5) is 5.69 Å². The highest BCUT2D eigenvalue weighted by atomic mass is 16.1. The van der Waals surface area contributed by atoms with Gasteiger partial charge in [-0.05, 0) is 37.3 Å². The Balaban J connectivity index is 1.83. The molecule has 1 N–H and O–H groups in total. The number of nitrogens with one attached hydrogen (secondary N) is 1. The average Bonchev–Trinajstić information content (AvgIpc) is 2.51. The molecule has 0 fully saturated rings. The lowest BCUT2D eigenvalue weighted by molar-refractivity contribution is 0.444. The van der Waals surface area contributed by atoms with Crippen molar-refractivity contribution in [2.45, 2.75) is 38.6 Å². The summed E-state index contributed by atoms with van der Waals surface area (Å²) in [5.41, 5.74) is 3.57. The van der Waals surface area contributed by atoms with Crippen LogP contribution in [-0.2, 0) is 13.0 Å². The molecule has 4 heteroatoms. The first-order valence-corrected chi connectivity index (χ1v) is 7.66. The standard InChI is InChI=1S/C17H21N3O/c1-2-18-15-10-17(21)20(19-11-15)12-14-8-5-7-13-6-3-4-9-16(13)14/h3-4,6,9-11,14,18H,2,5,7-8,12H2,1H3. The Bertz CT molecular complexity index is 678. The van der Waals surface area contributed by atoms with Crippen molar-refractivity contribution < 1.29 is 0 Å². The van der Waals surface area contributed by atoms with E-state index < -0.39 is 0 Å². The molecule has 0 spiro atoms. The number of aromatic nitrogens is 2. The zero-order chi connectivity index (χ0) is 14.7. The molecule has 1 aromatic heterocycles. The number of rotatable bonds is 4. The van der Waals surface area contributed by atoms with Crippen LogP contribution in [0, 0.1) is 0 Å². The molecule has 2 aromatic rings. The lowest BCUT2D eigenvalue weighted by Crippen LogP contribution is -2.27. The summed E-state index contributed by atoms with van der Waals surface area (Å²) in [5.74, 6) is 0.394. The first kappa shape index (κ1) is 13.9. The van der Waals surface area contributed by atoms with Gasteiger partial charge in [-0.2, -0.15) is 5.10 Å². The van der Waals surface area contributed by atoms with Crippen molar-refractivity contribution in [2.75, 3.05) is 11.9 Å². The number of nitrogens with zero attached hydrogens (tertiary/aromatic N) is 2. The van der Waals surface area contributed by atoms with E-state index >= 15 is 0 Å². The van der Waals surface area contributed by atoms with Gasteiger partial charge in [0.05, 0.1) is 18.4 Å². The zero-order valence-electron chi connectivity index (χ0n) is 12.4. The minimum atomic E-state index is -0.0310. The van der Waals surface area contributed by atoms with Crippen LogP contribution in [0.25, 0.3) is 0 Å². The van der Waals surface area contributed by atoms with E-state index in [-0.39, 0.29) is 5.56 Å². The van der Waals surface area contributed by atoms with Crippen LogP contribution in [-0.4, -0.2) is 16.3 Å². The van der Waals surface area contributed by atoms with Gasteiger partial charge < -0.3 is 5.32 Å². The number of benzene rings is 1. The fourth-order valence-corrected chi connectivity index (χ4v) is 3.12. The second kappa shape index (κ2) is 6.12. The summed E-state index contributed by atoms with van der Waals surface area (Å²) in [6.07, 6.45) is 5.19. The second-order valence-electron chi connectivity index (χ2n) is 5.58. The lowest BCUT2D eigenvalue weighted by Gasteiger charge is -2.25. The average molecular weight is 283 g/mol. The van der Waals surface area contributed by atoms with E-state index in [9.17, 15) is 4.79 Å². The number of fused-ring (bicyclic) bond motifs is 1. The van der Waals surface area contributed by atoms with Gasteiger partial charge in [0.2, 0.25) is 0 Å². The van der Waals surface area contributed by atoms with Crippen molar-refractivity contribution in [3.63, 3.8) is 0 Å². The summed E-state index contributed by atoms with van der Waals surface area (Å²) in [6.45, 7) is 3.47. The molecular weight excluding hydrogens is 262 g/mol. The number of aryl methyl sites for hydroxylation is 1. The molecule has 4 nitrogen and oxygen atoms in total. The predicted octanol–water partition coefficient (Wildman–Crippen LogP) is 2.80. The minimum absolute atomic E-state index is 0.0310. The highest BCUT2D eigenvalue weighted by Gasteiger charge is 2.20. The van der Waals surface area contributed by atoms with E-state index in [1.54, 1.807) is 16.9 Å². The molecule has 0 radical (unpaired) electrons. The van der Waals surface area contributed by atoms with Crippen LogP contribution < -0.4 is 10.9 Å². The fourth-order valence-electron chi connectivity index (χ4n) is 3.12. The first-order chi connectivity index (χ1) is 10.3. The van der Waals surface area contributed by atoms with Gasteiger partial charge in [-0.3, -0.25) is 4.79 Å². The highest BCUT2D eigenvalue weighted by Crippen LogP contribution is 2.32. The summed E-state index contributed by atoms with van der Waals surface area (Å²) in [5, 5.41) is 7.42. The Morgan fingerprint density at radius 2 is 2.24 bits per heavy atom. The second-order valence-corrected chi connectivity index (χ2v) is 5.58. The van der Waals surface area contributed by atoms with Crippen LogP contribution in [0.5, 0.6) is 0 Å². The Labute approximate surface area is 124 Å². The SMILES string of the molecule is CCNc1cnn(CC2CCCc3ccccc32)c(=O)c1. The quantitative estimate of drug-likeness (QED) is 0.938. The lowest BCUT2D eigenvalue weighted by atomic mass is 9.83. The van der Waals surface area contributed by atoms with Crippen molar-refractivity contribution in [3.8, 4) is 0 Å². The van der Waals surface area contributed by atoms with Crippen molar-refractivity contribution in [2.24, 2.45) is 0 Å². The monoisotopic (exact) mass is 283 g/mol. The van der Waals surface area contributed by atoms with Gasteiger partial charge in [0.1, 0.15) is 0 Å². The van der Waals surface area contributed by atoms with Gasteiger partial charge in [-0.25, -0.2) is 4.68 Å². The Morgan fingerprint density at radius 3 is 3.05 bits per heavy atom. The Hall–Kier alpha value is -2.10. The molecular formula is C17H21N3O. The van der Waals surface area contributed by atoms with Gasteiger partial charge in [0.25, 0.3) is 5.56 Å². The summed E-state index contributed by atoms with van der Waals surface area (Å²) >= 11 is 0. The molecule has 1 heterocycles. The van der Waals surface area contributed by atoms with Gasteiger partial charge in [-0.15, -0.1) is 0 Å². The van der Waals surface area contributed by atoms with Gasteiger partial charge in [0, 0.05) is 18.5 Å². The molecule has 0 bridgehead atoms. The van der Waals surface area contributed by atoms with Gasteiger partial charge in [0.15, 0.2) is 0 Å². The van der Waals surface area contributed by atoms with Gasteiger partial charge in [-0.1, -0.05) is 24.3 Å². The first-order valence-electron chi connectivity index (χ1n) is 7.66. The number of hydrogen-bond acceptors (Lipinski definition) is 3. The topological polar surface area (TPSA) is 46.9 Å². The smallest absolute Gasteiger partial charge is 0.268 e. The molecule has 1 aromatic carbocycles. The molecule has 21 heavy (non-hydrogen) atoms. The predicted molar refractivity (Wildman–Crippen MR) is 84.8 cm³/mol. The summed E-state index contributed by atoms with van der Waals surface area (Å²) < 4.78 is 1.59. The molecule has 0 amide bonds. The molecule has 1 atom stereocenters. The molecule has 1 aliphatic carbocycles. The number of anilines is 1. The maximum absolute atomic E-state index is 12.2. The molecule has 0 aliphatic heterocycles. The largest absolute Gasteiger partial charge is 0.384 e. The van der Waals surface area contributed by atoms with Crippen molar-refractivity contribution in [1.29, 1.82) is 0 Å². The maximum atomic E-state index is 12.2. The number of hydrogen-bond donors (Lipinski definition) is 1. The normalized spacial score (nSPS) is 17.3. The third-order valence-electron chi connectivity index (χ3n) is 4.14. The third kappa shape index (κ3) is 2.99. The Morgan fingerprint density at radius 1 is 1.38 bits per heavy atom. The van der Waals surface area contributed by atoms with Crippen molar-refractivity contribution in [3.05, 3.63) is 58.0 Å². The highest BCUT2D eigenvalue weighted by molar-refractivity contribution is 5.38. The molecule has 110 valence electrons. The van der Waals surface area contributed by atoms with E-state index in [1.807, 2.05) is 6.92 Å². The van der Waals surface area contributed by atoms with E-state index in [2.05, 4.69) is 34.7 Å². The van der Waals surface area contributed by atoms with E-state index in [1.165, 1.54) is 17.5 Å². The zero-order valence-corrected chi connectivity index (χ0v) is 12.4. The third-order valence-corrected chi connectivity index (χ3v) is 4.14.